The number of imidazole rings is 2. The van der Waals surface area contributed by atoms with Crippen molar-refractivity contribution in [3.05, 3.63) is 71.8 Å². The summed E-state index contributed by atoms with van der Waals surface area (Å²) in [5.41, 5.74) is 2.32. The molecule has 0 bridgehead atoms. The number of hydrogen-bond donors (Lipinski definition) is 0. The second-order valence-corrected chi connectivity index (χ2v) is 5.55. The maximum atomic E-state index is 4.46. The molecule has 0 N–H and O–H groups in total. The summed E-state index contributed by atoms with van der Waals surface area (Å²) in [7, 11) is 3.91. The quantitative estimate of drug-likeness (QED) is 0.655. The molecular formula is C18H20N6. The van der Waals surface area contributed by atoms with E-state index in [1.165, 1.54) is 0 Å². The Morgan fingerprint density at radius 1 is 0.875 bits per heavy atom. The van der Waals surface area contributed by atoms with Gasteiger partial charge in [0.2, 0.25) is 0 Å². The van der Waals surface area contributed by atoms with Crippen LogP contribution in [0.25, 0.3) is 0 Å². The molecule has 0 aliphatic rings. The maximum Gasteiger partial charge on any atom is 0.150 e. The highest BCUT2D eigenvalue weighted by atomic mass is 15.0. The molecule has 6 nitrogen and oxygen atoms in total. The van der Waals surface area contributed by atoms with Gasteiger partial charge in [0.15, 0.2) is 0 Å². The van der Waals surface area contributed by atoms with E-state index < -0.39 is 0 Å². The lowest BCUT2D eigenvalue weighted by atomic mass is 10.1. The fourth-order valence-electron chi connectivity index (χ4n) is 2.29. The molecule has 0 amide bonds. The molecule has 24 heavy (non-hydrogen) atoms. The van der Waals surface area contributed by atoms with Gasteiger partial charge in [-0.1, -0.05) is 24.3 Å². The Bertz CT molecular complexity index is 788. The standard InChI is InChI=1S/C18H20N6/c1-23-8-6-21-17(23)13-19-11-15-4-3-5-16(10-15)12-20-14-18-22-7-9-24(18)2/h3-10,13-14H,11-12H2,1-2H3. The first-order valence-corrected chi connectivity index (χ1v) is 7.74. The molecule has 0 saturated carbocycles. The van der Waals surface area contributed by atoms with E-state index in [0.717, 1.165) is 22.8 Å². The van der Waals surface area contributed by atoms with Gasteiger partial charge < -0.3 is 9.13 Å². The molecule has 6 heteroatoms. The molecule has 0 unspecified atom stereocenters. The van der Waals surface area contributed by atoms with Crippen LogP contribution in [-0.2, 0) is 27.2 Å². The Morgan fingerprint density at radius 3 is 1.79 bits per heavy atom. The van der Waals surface area contributed by atoms with Gasteiger partial charge in [-0.2, -0.15) is 0 Å². The lowest BCUT2D eigenvalue weighted by molar-refractivity contribution is 0.897. The summed E-state index contributed by atoms with van der Waals surface area (Å²) in [4.78, 5) is 17.4. The van der Waals surface area contributed by atoms with Crippen molar-refractivity contribution in [3.63, 3.8) is 0 Å². The van der Waals surface area contributed by atoms with Crippen LogP contribution >= 0.6 is 0 Å². The van der Waals surface area contributed by atoms with Gasteiger partial charge in [-0.25, -0.2) is 9.97 Å². The van der Waals surface area contributed by atoms with E-state index >= 15 is 0 Å². The summed E-state index contributed by atoms with van der Waals surface area (Å²) in [5, 5.41) is 0. The number of nitrogens with zero attached hydrogens (tertiary/aromatic N) is 6. The number of rotatable bonds is 6. The van der Waals surface area contributed by atoms with Gasteiger partial charge in [-0.05, 0) is 11.1 Å². The first kappa shape index (κ1) is 15.9. The number of aromatic nitrogens is 4. The lowest BCUT2D eigenvalue weighted by Gasteiger charge is -2.01. The van der Waals surface area contributed by atoms with E-state index in [1.54, 1.807) is 24.8 Å². The van der Waals surface area contributed by atoms with Crippen molar-refractivity contribution in [2.75, 3.05) is 0 Å². The van der Waals surface area contributed by atoms with Crippen LogP contribution in [0.5, 0.6) is 0 Å². The monoisotopic (exact) mass is 320 g/mol. The van der Waals surface area contributed by atoms with Crippen molar-refractivity contribution in [1.29, 1.82) is 0 Å². The molecule has 2 aromatic heterocycles. The minimum Gasteiger partial charge on any atom is -0.333 e. The van der Waals surface area contributed by atoms with E-state index in [-0.39, 0.29) is 0 Å². The molecule has 0 fully saturated rings. The smallest absolute Gasteiger partial charge is 0.150 e. The van der Waals surface area contributed by atoms with E-state index in [4.69, 9.17) is 0 Å². The minimum absolute atomic E-state index is 0.629. The van der Waals surface area contributed by atoms with E-state index in [1.807, 2.05) is 41.7 Å². The minimum atomic E-state index is 0.629. The van der Waals surface area contributed by atoms with E-state index in [9.17, 15) is 0 Å². The van der Waals surface area contributed by atoms with Crippen LogP contribution < -0.4 is 0 Å². The molecule has 122 valence electrons. The molecule has 0 saturated heterocycles. The molecule has 1 aromatic carbocycles. The highest BCUT2D eigenvalue weighted by Gasteiger charge is 1.97. The van der Waals surface area contributed by atoms with Crippen LogP contribution in [0.4, 0.5) is 0 Å². The Kier molecular flexibility index (Phi) is 4.96. The van der Waals surface area contributed by atoms with Gasteiger partial charge in [-0.3, -0.25) is 9.98 Å². The lowest BCUT2D eigenvalue weighted by Crippen LogP contribution is -1.96. The number of aliphatic imine (C=N–C) groups is 2. The fraction of sp³-hybridized carbons (Fsp3) is 0.222. The zero-order chi connectivity index (χ0) is 16.8. The fourth-order valence-corrected chi connectivity index (χ4v) is 2.29. The molecule has 3 rings (SSSR count). The highest BCUT2D eigenvalue weighted by Crippen LogP contribution is 2.08. The zero-order valence-corrected chi connectivity index (χ0v) is 13.9. The summed E-state index contributed by atoms with van der Waals surface area (Å²) in [6.07, 6.45) is 10.9. The van der Waals surface area contributed by atoms with Crippen LogP contribution in [0.3, 0.4) is 0 Å². The summed E-state index contributed by atoms with van der Waals surface area (Å²) in [6.45, 7) is 1.26. The van der Waals surface area contributed by atoms with Gasteiger partial charge in [-0.15, -0.1) is 0 Å². The van der Waals surface area contributed by atoms with Crippen LogP contribution in [0.1, 0.15) is 22.8 Å². The molecule has 0 aliphatic heterocycles. The summed E-state index contributed by atoms with van der Waals surface area (Å²) >= 11 is 0. The molecule has 0 aliphatic carbocycles. The predicted octanol–water partition coefficient (Wildman–Crippen LogP) is 2.39. The Labute approximate surface area is 141 Å². The van der Waals surface area contributed by atoms with Crippen molar-refractivity contribution in [2.45, 2.75) is 13.1 Å². The normalized spacial score (nSPS) is 11.8. The van der Waals surface area contributed by atoms with Crippen molar-refractivity contribution in [3.8, 4) is 0 Å². The molecule has 2 heterocycles. The van der Waals surface area contributed by atoms with Gasteiger partial charge in [0.1, 0.15) is 11.6 Å². The van der Waals surface area contributed by atoms with Gasteiger partial charge in [0.05, 0.1) is 25.5 Å². The summed E-state index contributed by atoms with van der Waals surface area (Å²) in [6, 6.07) is 8.31. The molecular weight excluding hydrogens is 300 g/mol. The number of benzene rings is 1. The maximum absolute atomic E-state index is 4.46. The molecule has 0 radical (unpaired) electrons. The zero-order valence-electron chi connectivity index (χ0n) is 13.9. The van der Waals surface area contributed by atoms with Crippen LogP contribution in [-0.4, -0.2) is 31.5 Å². The largest absolute Gasteiger partial charge is 0.333 e. The van der Waals surface area contributed by atoms with Crippen molar-refractivity contribution in [1.82, 2.24) is 19.1 Å². The average Bonchev–Trinajstić information content (AvgIpc) is 3.17. The van der Waals surface area contributed by atoms with Crippen LogP contribution in [0.15, 0.2) is 59.0 Å². The first-order chi connectivity index (χ1) is 11.7. The molecule has 0 atom stereocenters. The van der Waals surface area contributed by atoms with Gasteiger partial charge in [0.25, 0.3) is 0 Å². The SMILES string of the molecule is Cn1ccnc1C=NCc1cccc(CN=Cc2nccn2C)c1. The predicted molar refractivity (Wildman–Crippen MR) is 95.5 cm³/mol. The highest BCUT2D eigenvalue weighted by molar-refractivity contribution is 5.75. The Hall–Kier alpha value is -3.02. The Balaban J connectivity index is 1.60. The third-order valence-corrected chi connectivity index (χ3v) is 3.67. The van der Waals surface area contributed by atoms with Crippen LogP contribution in [0.2, 0.25) is 0 Å². The topological polar surface area (TPSA) is 60.4 Å². The van der Waals surface area contributed by atoms with Crippen LogP contribution in [0, 0.1) is 0 Å². The second kappa shape index (κ2) is 7.50. The second-order valence-electron chi connectivity index (χ2n) is 5.55. The molecule has 0 spiro atoms. The number of aryl methyl sites for hydroxylation is 2. The van der Waals surface area contributed by atoms with Crippen molar-refractivity contribution in [2.24, 2.45) is 24.1 Å². The van der Waals surface area contributed by atoms with E-state index in [0.29, 0.717) is 13.1 Å². The van der Waals surface area contributed by atoms with E-state index in [2.05, 4.69) is 38.2 Å². The first-order valence-electron chi connectivity index (χ1n) is 7.74. The van der Waals surface area contributed by atoms with Crippen molar-refractivity contribution >= 4 is 12.4 Å². The Morgan fingerprint density at radius 2 is 1.38 bits per heavy atom. The average molecular weight is 320 g/mol. The van der Waals surface area contributed by atoms with Crippen molar-refractivity contribution < 1.29 is 0 Å². The van der Waals surface area contributed by atoms with Gasteiger partial charge >= 0.3 is 0 Å². The summed E-state index contributed by atoms with van der Waals surface area (Å²) in [5.74, 6) is 1.71. The third kappa shape index (κ3) is 4.04. The molecule has 3 aromatic rings. The van der Waals surface area contributed by atoms with Gasteiger partial charge in [0, 0.05) is 38.9 Å². The summed E-state index contributed by atoms with van der Waals surface area (Å²) < 4.78 is 3.87. The third-order valence-electron chi connectivity index (χ3n) is 3.67. The number of hydrogen-bond acceptors (Lipinski definition) is 4.